The first-order chi connectivity index (χ1) is 12.0. The smallest absolute Gasteiger partial charge is 0.260 e. The zero-order valence-corrected chi connectivity index (χ0v) is 14.9. The van der Waals surface area contributed by atoms with Crippen molar-refractivity contribution in [3.05, 3.63) is 47.5 Å². The SMILES string of the molecule is Cn1cc([C@H]2OCC[C@@H]2NS(=O)(=O)c2c(Cl)nc3ccccn23)cn1. The Labute approximate surface area is 149 Å². The highest BCUT2D eigenvalue weighted by Crippen LogP contribution is 2.31. The number of rotatable bonds is 4. The molecule has 0 radical (unpaired) electrons. The van der Waals surface area contributed by atoms with E-state index in [2.05, 4.69) is 14.8 Å². The van der Waals surface area contributed by atoms with Crippen LogP contribution < -0.4 is 4.72 Å². The maximum absolute atomic E-state index is 12.9. The molecule has 0 bridgehead atoms. The number of nitrogens with one attached hydrogen (secondary N) is 1. The Morgan fingerprint density at radius 1 is 1.40 bits per heavy atom. The first-order valence-corrected chi connectivity index (χ1v) is 9.57. The lowest BCUT2D eigenvalue weighted by Crippen LogP contribution is -2.37. The van der Waals surface area contributed by atoms with Crippen LogP contribution in [-0.4, -0.2) is 40.2 Å². The van der Waals surface area contributed by atoms with Crippen LogP contribution in [0.5, 0.6) is 0 Å². The summed E-state index contributed by atoms with van der Waals surface area (Å²) in [5.41, 5.74) is 1.30. The third-order valence-electron chi connectivity index (χ3n) is 4.15. The summed E-state index contributed by atoms with van der Waals surface area (Å²) < 4.78 is 37.4. The number of aromatic nitrogens is 4. The number of sulfonamides is 1. The van der Waals surface area contributed by atoms with E-state index < -0.39 is 16.1 Å². The molecule has 8 nitrogen and oxygen atoms in total. The largest absolute Gasteiger partial charge is 0.372 e. The summed E-state index contributed by atoms with van der Waals surface area (Å²) in [6, 6.07) is 4.79. The lowest BCUT2D eigenvalue weighted by molar-refractivity contribution is 0.102. The van der Waals surface area contributed by atoms with Crippen LogP contribution in [0.3, 0.4) is 0 Å². The zero-order valence-electron chi connectivity index (χ0n) is 13.3. The third kappa shape index (κ3) is 2.93. The van der Waals surface area contributed by atoms with Crippen LogP contribution in [0, 0.1) is 0 Å². The molecule has 10 heteroatoms. The van der Waals surface area contributed by atoms with Gasteiger partial charge < -0.3 is 4.74 Å². The van der Waals surface area contributed by atoms with E-state index in [1.807, 2.05) is 6.20 Å². The second kappa shape index (κ2) is 6.10. The Morgan fingerprint density at radius 2 is 2.24 bits per heavy atom. The predicted octanol–water partition coefficient (Wildman–Crippen LogP) is 1.53. The summed E-state index contributed by atoms with van der Waals surface area (Å²) in [6.45, 7) is 0.466. The third-order valence-corrected chi connectivity index (χ3v) is 6.04. The quantitative estimate of drug-likeness (QED) is 0.740. The average molecular weight is 382 g/mol. The summed E-state index contributed by atoms with van der Waals surface area (Å²) in [4.78, 5) is 4.10. The van der Waals surface area contributed by atoms with Crippen molar-refractivity contribution in [3.63, 3.8) is 0 Å². The van der Waals surface area contributed by atoms with Gasteiger partial charge in [0.25, 0.3) is 10.0 Å². The number of imidazole rings is 1. The number of halogens is 1. The lowest BCUT2D eigenvalue weighted by atomic mass is 10.1. The van der Waals surface area contributed by atoms with Crippen molar-refractivity contribution < 1.29 is 13.2 Å². The van der Waals surface area contributed by atoms with Crippen LogP contribution in [0.1, 0.15) is 18.1 Å². The topological polar surface area (TPSA) is 90.5 Å². The molecule has 25 heavy (non-hydrogen) atoms. The molecule has 1 aliphatic rings. The highest BCUT2D eigenvalue weighted by Gasteiger charge is 2.36. The van der Waals surface area contributed by atoms with Crippen LogP contribution in [0.15, 0.2) is 41.8 Å². The minimum atomic E-state index is -3.88. The van der Waals surface area contributed by atoms with Crippen LogP contribution >= 0.6 is 11.6 Å². The van der Waals surface area contributed by atoms with Gasteiger partial charge in [-0.3, -0.25) is 9.08 Å². The van der Waals surface area contributed by atoms with Crippen molar-refractivity contribution in [1.29, 1.82) is 0 Å². The number of aryl methyl sites for hydroxylation is 1. The highest BCUT2D eigenvalue weighted by atomic mass is 35.5. The molecule has 1 saturated heterocycles. The van der Waals surface area contributed by atoms with E-state index in [-0.39, 0.29) is 16.3 Å². The van der Waals surface area contributed by atoms with Gasteiger partial charge in [-0.15, -0.1) is 0 Å². The van der Waals surface area contributed by atoms with Gasteiger partial charge in [0.05, 0.1) is 12.2 Å². The molecule has 0 saturated carbocycles. The fourth-order valence-corrected chi connectivity index (χ4v) is 4.98. The molecule has 0 unspecified atom stereocenters. The maximum Gasteiger partial charge on any atom is 0.260 e. The van der Waals surface area contributed by atoms with Crippen LogP contribution in [0.4, 0.5) is 0 Å². The van der Waals surface area contributed by atoms with Gasteiger partial charge in [-0.05, 0) is 18.6 Å². The van der Waals surface area contributed by atoms with Crippen molar-refractivity contribution in [2.24, 2.45) is 7.05 Å². The van der Waals surface area contributed by atoms with Gasteiger partial charge in [0, 0.05) is 31.6 Å². The van der Waals surface area contributed by atoms with E-state index in [0.717, 1.165) is 5.56 Å². The molecule has 1 N–H and O–H groups in total. The van der Waals surface area contributed by atoms with E-state index in [1.165, 1.54) is 4.40 Å². The van der Waals surface area contributed by atoms with Crippen LogP contribution in [0.2, 0.25) is 5.15 Å². The molecule has 0 aromatic carbocycles. The predicted molar refractivity (Wildman–Crippen MR) is 90.8 cm³/mol. The van der Waals surface area contributed by atoms with Gasteiger partial charge >= 0.3 is 0 Å². The van der Waals surface area contributed by atoms with E-state index >= 15 is 0 Å². The number of hydrogen-bond donors (Lipinski definition) is 1. The summed E-state index contributed by atoms with van der Waals surface area (Å²) in [5.74, 6) is 0. The highest BCUT2D eigenvalue weighted by molar-refractivity contribution is 7.89. The normalized spacial score (nSPS) is 21.2. The minimum Gasteiger partial charge on any atom is -0.372 e. The Bertz CT molecular complexity index is 1030. The van der Waals surface area contributed by atoms with Crippen molar-refractivity contribution in [2.75, 3.05) is 6.61 Å². The number of nitrogens with zero attached hydrogens (tertiary/aromatic N) is 4. The first-order valence-electron chi connectivity index (χ1n) is 7.71. The Morgan fingerprint density at radius 3 is 3.00 bits per heavy atom. The molecule has 0 amide bonds. The van der Waals surface area contributed by atoms with Gasteiger partial charge in [0.1, 0.15) is 11.8 Å². The molecule has 4 rings (SSSR count). The number of ether oxygens (including phenoxy) is 1. The molecule has 1 fully saturated rings. The lowest BCUT2D eigenvalue weighted by Gasteiger charge is -2.18. The van der Waals surface area contributed by atoms with E-state index in [0.29, 0.717) is 18.7 Å². The number of pyridine rings is 1. The number of hydrogen-bond acceptors (Lipinski definition) is 5. The summed E-state index contributed by atoms with van der Waals surface area (Å²) in [5, 5.41) is 3.99. The van der Waals surface area contributed by atoms with E-state index in [4.69, 9.17) is 16.3 Å². The molecule has 3 aromatic rings. The van der Waals surface area contributed by atoms with Crippen LogP contribution in [0.25, 0.3) is 5.65 Å². The zero-order chi connectivity index (χ0) is 17.6. The minimum absolute atomic E-state index is 0.0597. The standard InChI is InChI=1S/C15H16ClN5O3S/c1-20-9-10(8-17-20)13-11(5-7-24-13)19-25(22,23)15-14(16)18-12-4-2-3-6-21(12)15/h2-4,6,8-9,11,13,19H,5,7H2,1H3/t11-,13+/m0/s1. The summed E-state index contributed by atoms with van der Waals surface area (Å²) in [7, 11) is -2.08. The van der Waals surface area contributed by atoms with Crippen LogP contribution in [-0.2, 0) is 21.8 Å². The Balaban J connectivity index is 1.68. The second-order valence-electron chi connectivity index (χ2n) is 5.89. The Kier molecular flexibility index (Phi) is 4.03. The van der Waals surface area contributed by atoms with Crippen molar-refractivity contribution in [1.82, 2.24) is 23.9 Å². The molecular formula is C15H16ClN5O3S. The monoisotopic (exact) mass is 381 g/mol. The van der Waals surface area contributed by atoms with Crippen molar-refractivity contribution in [3.8, 4) is 0 Å². The molecule has 0 aliphatic carbocycles. The summed E-state index contributed by atoms with van der Waals surface area (Å²) >= 11 is 6.10. The second-order valence-corrected chi connectivity index (χ2v) is 7.88. The van der Waals surface area contributed by atoms with Gasteiger partial charge in [0.2, 0.25) is 0 Å². The fraction of sp³-hybridized carbons (Fsp3) is 0.333. The molecule has 4 heterocycles. The van der Waals surface area contributed by atoms with Crippen molar-refractivity contribution >= 4 is 27.3 Å². The number of fused-ring (bicyclic) bond motifs is 1. The fourth-order valence-electron chi connectivity index (χ4n) is 3.07. The Hall–Kier alpha value is -1.94. The molecule has 132 valence electrons. The molecule has 0 spiro atoms. The molecule has 1 aliphatic heterocycles. The van der Waals surface area contributed by atoms with E-state index in [9.17, 15) is 8.42 Å². The van der Waals surface area contributed by atoms with Gasteiger partial charge in [0.15, 0.2) is 10.2 Å². The van der Waals surface area contributed by atoms with Crippen molar-refractivity contribution in [2.45, 2.75) is 23.6 Å². The molecular weight excluding hydrogens is 366 g/mol. The maximum atomic E-state index is 12.9. The molecule has 3 aromatic heterocycles. The van der Waals surface area contributed by atoms with Gasteiger partial charge in [-0.25, -0.2) is 18.1 Å². The molecule has 2 atom stereocenters. The first kappa shape index (κ1) is 16.5. The van der Waals surface area contributed by atoms with E-state index in [1.54, 1.807) is 42.3 Å². The van der Waals surface area contributed by atoms with Gasteiger partial charge in [-0.1, -0.05) is 17.7 Å². The van der Waals surface area contributed by atoms with Gasteiger partial charge in [-0.2, -0.15) is 5.10 Å². The summed E-state index contributed by atoms with van der Waals surface area (Å²) in [6.07, 6.45) is 5.29. The average Bonchev–Trinajstić information content (AvgIpc) is 3.24.